The van der Waals surface area contributed by atoms with Crippen LogP contribution in [-0.2, 0) is 6.54 Å². The number of benzene rings is 1. The fourth-order valence-corrected chi connectivity index (χ4v) is 3.57. The lowest BCUT2D eigenvalue weighted by atomic mass is 10.1. The number of hydrogen-bond donors (Lipinski definition) is 0. The van der Waals surface area contributed by atoms with Crippen LogP contribution in [0.4, 0.5) is 0 Å². The van der Waals surface area contributed by atoms with Crippen molar-refractivity contribution in [3.05, 3.63) is 51.7 Å². The first-order valence-electron chi connectivity index (χ1n) is 7.84. The van der Waals surface area contributed by atoms with Gasteiger partial charge in [-0.2, -0.15) is 11.3 Å². The second-order valence-electron chi connectivity index (χ2n) is 5.90. The van der Waals surface area contributed by atoms with Gasteiger partial charge >= 0.3 is 0 Å². The van der Waals surface area contributed by atoms with Crippen LogP contribution >= 0.6 is 11.3 Å². The zero-order chi connectivity index (χ0) is 16.2. The lowest BCUT2D eigenvalue weighted by molar-refractivity contribution is 0.0625. The number of carbonyl (C=O) groups excluding carboxylic acids is 1. The highest BCUT2D eigenvalue weighted by Gasteiger charge is 2.24. The Morgan fingerprint density at radius 3 is 2.65 bits per heavy atom. The molecule has 1 saturated heterocycles. The highest BCUT2D eigenvalue weighted by Crippen LogP contribution is 2.22. The fourth-order valence-electron chi connectivity index (χ4n) is 2.91. The second-order valence-corrected chi connectivity index (χ2v) is 6.68. The Morgan fingerprint density at radius 2 is 2.00 bits per heavy atom. The molecule has 1 aromatic carbocycles. The molecule has 1 aliphatic rings. The van der Waals surface area contributed by atoms with Crippen molar-refractivity contribution < 1.29 is 9.53 Å². The van der Waals surface area contributed by atoms with E-state index in [9.17, 15) is 4.79 Å². The van der Waals surface area contributed by atoms with Gasteiger partial charge in [0.15, 0.2) is 0 Å². The molecule has 2 aromatic rings. The summed E-state index contributed by atoms with van der Waals surface area (Å²) < 4.78 is 5.35. The van der Waals surface area contributed by atoms with Crippen LogP contribution in [0.2, 0.25) is 0 Å². The van der Waals surface area contributed by atoms with Gasteiger partial charge in [0.05, 0.1) is 12.7 Å². The predicted molar refractivity (Wildman–Crippen MR) is 93.2 cm³/mol. The van der Waals surface area contributed by atoms with Crippen LogP contribution in [0.1, 0.15) is 21.5 Å². The topological polar surface area (TPSA) is 32.8 Å². The number of ether oxygens (including phenoxy) is 1. The van der Waals surface area contributed by atoms with Crippen molar-refractivity contribution in [1.82, 2.24) is 9.80 Å². The molecule has 0 saturated carbocycles. The minimum Gasteiger partial charge on any atom is -0.496 e. The molecule has 0 atom stereocenters. The first kappa shape index (κ1) is 16.0. The van der Waals surface area contributed by atoms with E-state index in [4.69, 9.17) is 4.74 Å². The summed E-state index contributed by atoms with van der Waals surface area (Å²) in [4.78, 5) is 17.1. The minimum absolute atomic E-state index is 0.0701. The molecule has 2 heterocycles. The number of hydrogen-bond acceptors (Lipinski definition) is 4. The van der Waals surface area contributed by atoms with E-state index in [1.807, 2.05) is 30.0 Å². The molecule has 0 N–H and O–H groups in total. The van der Waals surface area contributed by atoms with Crippen molar-refractivity contribution in [2.75, 3.05) is 33.3 Å². The summed E-state index contributed by atoms with van der Waals surface area (Å²) >= 11 is 1.73. The van der Waals surface area contributed by atoms with E-state index in [2.05, 4.69) is 21.7 Å². The molecule has 3 rings (SSSR count). The molecule has 0 aliphatic carbocycles. The fraction of sp³-hybridized carbons (Fsp3) is 0.389. The van der Waals surface area contributed by atoms with Crippen molar-refractivity contribution in [2.45, 2.75) is 13.5 Å². The summed E-state index contributed by atoms with van der Waals surface area (Å²) in [5, 5.41) is 4.30. The number of piperazine rings is 1. The number of nitrogens with zero attached hydrogens (tertiary/aromatic N) is 2. The van der Waals surface area contributed by atoms with Crippen LogP contribution in [0.25, 0.3) is 0 Å². The summed E-state index contributed by atoms with van der Waals surface area (Å²) in [6.45, 7) is 6.32. The van der Waals surface area contributed by atoms with Crippen molar-refractivity contribution in [3.63, 3.8) is 0 Å². The van der Waals surface area contributed by atoms with Gasteiger partial charge in [0, 0.05) is 32.7 Å². The van der Waals surface area contributed by atoms with Gasteiger partial charge in [0.1, 0.15) is 5.75 Å². The minimum atomic E-state index is 0.0701. The van der Waals surface area contributed by atoms with Gasteiger partial charge in [-0.15, -0.1) is 0 Å². The monoisotopic (exact) mass is 330 g/mol. The van der Waals surface area contributed by atoms with Gasteiger partial charge < -0.3 is 9.64 Å². The SMILES string of the molecule is COc1ccc(C)cc1C(=O)N1CCN(Cc2ccsc2)CC1. The predicted octanol–water partition coefficient (Wildman–Crippen LogP) is 3.02. The van der Waals surface area contributed by atoms with Crippen LogP contribution in [0, 0.1) is 6.92 Å². The molecule has 0 spiro atoms. The molecular weight excluding hydrogens is 308 g/mol. The molecule has 1 amide bonds. The van der Waals surface area contributed by atoms with Crippen LogP contribution in [0.3, 0.4) is 0 Å². The van der Waals surface area contributed by atoms with Gasteiger partial charge in [-0.3, -0.25) is 9.69 Å². The third kappa shape index (κ3) is 3.74. The van der Waals surface area contributed by atoms with E-state index in [0.717, 1.165) is 38.3 Å². The molecule has 1 aromatic heterocycles. The summed E-state index contributed by atoms with van der Waals surface area (Å²) in [5.41, 5.74) is 3.10. The second kappa shape index (κ2) is 7.15. The van der Waals surface area contributed by atoms with Crippen LogP contribution < -0.4 is 4.74 Å². The van der Waals surface area contributed by atoms with Crippen molar-refractivity contribution in [3.8, 4) is 5.75 Å². The lowest BCUT2D eigenvalue weighted by Crippen LogP contribution is -2.48. The Bertz CT molecular complexity index is 662. The number of methoxy groups -OCH3 is 1. The summed E-state index contributed by atoms with van der Waals surface area (Å²) in [7, 11) is 1.61. The number of carbonyl (C=O) groups is 1. The van der Waals surface area contributed by atoms with E-state index in [1.54, 1.807) is 18.4 Å². The number of amides is 1. The molecule has 5 heteroatoms. The maximum atomic E-state index is 12.8. The Hall–Kier alpha value is -1.85. The molecular formula is C18H22N2O2S. The summed E-state index contributed by atoms with van der Waals surface area (Å²) in [5.74, 6) is 0.724. The van der Waals surface area contributed by atoms with E-state index in [1.165, 1.54) is 5.56 Å². The van der Waals surface area contributed by atoms with Crippen molar-refractivity contribution in [2.24, 2.45) is 0 Å². The zero-order valence-corrected chi connectivity index (χ0v) is 14.4. The van der Waals surface area contributed by atoms with Gasteiger partial charge in [0.25, 0.3) is 5.91 Å². The largest absolute Gasteiger partial charge is 0.496 e. The molecule has 0 bridgehead atoms. The Labute approximate surface area is 141 Å². The third-order valence-electron chi connectivity index (χ3n) is 4.23. The number of rotatable bonds is 4. The Morgan fingerprint density at radius 1 is 1.22 bits per heavy atom. The zero-order valence-electron chi connectivity index (χ0n) is 13.6. The van der Waals surface area contributed by atoms with Gasteiger partial charge in [-0.05, 0) is 41.4 Å². The Balaban J connectivity index is 1.63. The van der Waals surface area contributed by atoms with Crippen molar-refractivity contribution in [1.29, 1.82) is 0 Å². The van der Waals surface area contributed by atoms with E-state index >= 15 is 0 Å². The Kier molecular flexibility index (Phi) is 4.98. The first-order valence-corrected chi connectivity index (χ1v) is 8.79. The summed E-state index contributed by atoms with van der Waals surface area (Å²) in [6, 6.07) is 7.92. The quantitative estimate of drug-likeness (QED) is 0.864. The number of aryl methyl sites for hydroxylation is 1. The van der Waals surface area contributed by atoms with Crippen LogP contribution in [0.15, 0.2) is 35.0 Å². The van der Waals surface area contributed by atoms with Crippen molar-refractivity contribution >= 4 is 17.2 Å². The molecule has 0 unspecified atom stereocenters. The van der Waals surface area contributed by atoms with Gasteiger partial charge in [0.2, 0.25) is 0 Å². The van der Waals surface area contributed by atoms with E-state index < -0.39 is 0 Å². The molecule has 1 fully saturated rings. The highest BCUT2D eigenvalue weighted by atomic mass is 32.1. The highest BCUT2D eigenvalue weighted by molar-refractivity contribution is 7.07. The number of thiophene rings is 1. The maximum Gasteiger partial charge on any atom is 0.257 e. The smallest absolute Gasteiger partial charge is 0.257 e. The first-order chi connectivity index (χ1) is 11.2. The maximum absolute atomic E-state index is 12.8. The normalized spacial score (nSPS) is 15.7. The standard InChI is InChI=1S/C18H22N2O2S/c1-14-3-4-17(22-2)16(11-14)18(21)20-8-6-19(7-9-20)12-15-5-10-23-13-15/h3-5,10-11,13H,6-9,12H2,1-2H3. The molecule has 122 valence electrons. The third-order valence-corrected chi connectivity index (χ3v) is 4.96. The lowest BCUT2D eigenvalue weighted by Gasteiger charge is -2.34. The van der Waals surface area contributed by atoms with Crippen LogP contribution in [-0.4, -0.2) is 49.0 Å². The average molecular weight is 330 g/mol. The molecule has 0 radical (unpaired) electrons. The molecule has 4 nitrogen and oxygen atoms in total. The summed E-state index contributed by atoms with van der Waals surface area (Å²) in [6.07, 6.45) is 0. The molecule has 23 heavy (non-hydrogen) atoms. The van der Waals surface area contributed by atoms with E-state index in [0.29, 0.717) is 11.3 Å². The van der Waals surface area contributed by atoms with E-state index in [-0.39, 0.29) is 5.91 Å². The van der Waals surface area contributed by atoms with Crippen LogP contribution in [0.5, 0.6) is 5.75 Å². The average Bonchev–Trinajstić information content (AvgIpc) is 3.08. The van der Waals surface area contributed by atoms with Gasteiger partial charge in [-0.1, -0.05) is 11.6 Å². The van der Waals surface area contributed by atoms with Gasteiger partial charge in [-0.25, -0.2) is 0 Å². The molecule has 1 aliphatic heterocycles.